The summed E-state index contributed by atoms with van der Waals surface area (Å²) in [5, 5.41) is 3.40. The molecule has 4 heteroatoms. The number of hydrogen-bond acceptors (Lipinski definition) is 2. The Morgan fingerprint density at radius 1 is 1.53 bits per heavy atom. The van der Waals surface area contributed by atoms with Crippen molar-refractivity contribution < 1.29 is 4.79 Å². The van der Waals surface area contributed by atoms with E-state index in [0.717, 1.165) is 35.8 Å². The van der Waals surface area contributed by atoms with Crippen LogP contribution in [0.25, 0.3) is 0 Å². The minimum Gasteiger partial charge on any atom is -0.370 e. The number of hydrogen-bond donors (Lipinski definition) is 2. The molecule has 1 saturated carbocycles. The van der Waals surface area contributed by atoms with Crippen LogP contribution in [0.5, 0.6) is 0 Å². The summed E-state index contributed by atoms with van der Waals surface area (Å²) in [4.78, 5) is 12.0. The molecule has 2 unspecified atom stereocenters. The van der Waals surface area contributed by atoms with Crippen molar-refractivity contribution >= 4 is 27.5 Å². The number of carbonyl (C=O) groups excluding carboxylic acids is 1. The molecule has 19 heavy (non-hydrogen) atoms. The first-order valence-electron chi connectivity index (χ1n) is 6.90. The summed E-state index contributed by atoms with van der Waals surface area (Å²) in [6.07, 6.45) is 5.01. The predicted molar refractivity (Wildman–Crippen MR) is 81.9 cm³/mol. The number of benzene rings is 1. The second-order valence-electron chi connectivity index (χ2n) is 5.42. The monoisotopic (exact) mass is 324 g/mol. The lowest BCUT2D eigenvalue weighted by atomic mass is 9.74. The maximum Gasteiger partial charge on any atom is 0.243 e. The Bertz CT molecular complexity index is 463. The molecule has 0 aliphatic heterocycles. The molecule has 1 aliphatic rings. The summed E-state index contributed by atoms with van der Waals surface area (Å²) in [7, 11) is 0. The van der Waals surface area contributed by atoms with Gasteiger partial charge in [-0.15, -0.1) is 0 Å². The summed E-state index contributed by atoms with van der Waals surface area (Å²) in [5.74, 6) is 0.345. The van der Waals surface area contributed by atoms with Crippen molar-refractivity contribution in [3.63, 3.8) is 0 Å². The maximum atomic E-state index is 12.0. The molecule has 0 radical (unpaired) electrons. The van der Waals surface area contributed by atoms with Crippen LogP contribution in [0.1, 0.15) is 39.0 Å². The fourth-order valence-corrected chi connectivity index (χ4v) is 3.34. The van der Waals surface area contributed by atoms with Crippen LogP contribution >= 0.6 is 15.9 Å². The zero-order valence-corrected chi connectivity index (χ0v) is 12.9. The van der Waals surface area contributed by atoms with Gasteiger partial charge in [0.05, 0.1) is 0 Å². The number of amides is 1. The van der Waals surface area contributed by atoms with Gasteiger partial charge in [-0.05, 0) is 46.8 Å². The van der Waals surface area contributed by atoms with Crippen molar-refractivity contribution in [1.82, 2.24) is 0 Å². The molecular formula is C15H21BrN2O. The minimum absolute atomic E-state index is 0.235. The van der Waals surface area contributed by atoms with Crippen LogP contribution in [-0.4, -0.2) is 11.4 Å². The SMILES string of the molecule is CCC1CCCC(Nc2ccccc2Br)(C(N)=O)C1. The zero-order chi connectivity index (χ0) is 13.9. The van der Waals surface area contributed by atoms with Gasteiger partial charge in [-0.1, -0.05) is 38.3 Å². The molecule has 104 valence electrons. The molecule has 0 aromatic heterocycles. The van der Waals surface area contributed by atoms with Crippen LogP contribution in [0.4, 0.5) is 5.69 Å². The largest absolute Gasteiger partial charge is 0.370 e. The van der Waals surface area contributed by atoms with Gasteiger partial charge in [-0.25, -0.2) is 0 Å². The lowest BCUT2D eigenvalue weighted by molar-refractivity contribution is -0.123. The molecule has 3 nitrogen and oxygen atoms in total. The van der Waals surface area contributed by atoms with Gasteiger partial charge in [-0.3, -0.25) is 4.79 Å². The van der Waals surface area contributed by atoms with Crippen molar-refractivity contribution in [3.8, 4) is 0 Å². The number of anilines is 1. The smallest absolute Gasteiger partial charge is 0.243 e. The standard InChI is InChI=1S/C15H21BrN2O/c1-2-11-6-5-9-15(10-11,14(17)19)18-13-8-4-3-7-12(13)16/h3-4,7-8,11,18H,2,5-6,9-10H2,1H3,(H2,17,19). The molecule has 2 atom stereocenters. The van der Waals surface area contributed by atoms with Crippen LogP contribution in [0.15, 0.2) is 28.7 Å². The lowest BCUT2D eigenvalue weighted by Gasteiger charge is -2.40. The van der Waals surface area contributed by atoms with Crippen molar-refractivity contribution in [2.24, 2.45) is 11.7 Å². The van der Waals surface area contributed by atoms with Gasteiger partial charge in [0.25, 0.3) is 0 Å². The van der Waals surface area contributed by atoms with Crippen molar-refractivity contribution in [1.29, 1.82) is 0 Å². The molecule has 0 bridgehead atoms. The van der Waals surface area contributed by atoms with Gasteiger partial charge >= 0.3 is 0 Å². The summed E-state index contributed by atoms with van der Waals surface area (Å²) >= 11 is 3.51. The van der Waals surface area contributed by atoms with E-state index in [0.29, 0.717) is 5.92 Å². The molecular weight excluding hydrogens is 304 g/mol. The Kier molecular flexibility index (Phi) is 4.50. The van der Waals surface area contributed by atoms with E-state index in [9.17, 15) is 4.79 Å². The van der Waals surface area contributed by atoms with Gasteiger partial charge in [0, 0.05) is 10.2 Å². The van der Waals surface area contributed by atoms with Crippen molar-refractivity contribution in [3.05, 3.63) is 28.7 Å². The summed E-state index contributed by atoms with van der Waals surface area (Å²) in [6, 6.07) is 7.87. The highest BCUT2D eigenvalue weighted by atomic mass is 79.9. The number of nitrogens with two attached hydrogens (primary N) is 1. The van der Waals surface area contributed by atoms with Gasteiger partial charge < -0.3 is 11.1 Å². The third kappa shape index (κ3) is 3.11. The van der Waals surface area contributed by atoms with E-state index in [1.807, 2.05) is 24.3 Å². The zero-order valence-electron chi connectivity index (χ0n) is 11.3. The molecule has 0 heterocycles. The topological polar surface area (TPSA) is 55.1 Å². The Morgan fingerprint density at radius 2 is 2.26 bits per heavy atom. The van der Waals surface area contributed by atoms with Crippen LogP contribution in [-0.2, 0) is 4.79 Å². The third-order valence-electron chi connectivity index (χ3n) is 4.15. The Labute approximate surface area is 123 Å². The van der Waals surface area contributed by atoms with Crippen LogP contribution in [0, 0.1) is 5.92 Å². The van der Waals surface area contributed by atoms with Gasteiger partial charge in [0.2, 0.25) is 5.91 Å². The normalized spacial score (nSPS) is 26.9. The fraction of sp³-hybridized carbons (Fsp3) is 0.533. The summed E-state index contributed by atoms with van der Waals surface area (Å²) in [6.45, 7) is 2.18. The molecule has 1 aromatic rings. The highest BCUT2D eigenvalue weighted by Crippen LogP contribution is 2.37. The van der Waals surface area contributed by atoms with Gasteiger partial charge in [-0.2, -0.15) is 0 Å². The fourth-order valence-electron chi connectivity index (χ4n) is 2.96. The average Bonchev–Trinajstić information content (AvgIpc) is 2.41. The number of para-hydroxylation sites is 1. The molecule has 3 N–H and O–H groups in total. The molecule has 2 rings (SSSR count). The second kappa shape index (κ2) is 5.95. The molecule has 1 aliphatic carbocycles. The van der Waals surface area contributed by atoms with Gasteiger partial charge in [0.15, 0.2) is 0 Å². The van der Waals surface area contributed by atoms with E-state index >= 15 is 0 Å². The number of rotatable bonds is 4. The molecule has 0 saturated heterocycles. The summed E-state index contributed by atoms with van der Waals surface area (Å²) < 4.78 is 0.967. The number of primary amides is 1. The predicted octanol–water partition coefficient (Wildman–Crippen LogP) is 3.69. The van der Waals surface area contributed by atoms with Crippen LogP contribution < -0.4 is 11.1 Å². The number of halogens is 1. The highest BCUT2D eigenvalue weighted by Gasteiger charge is 2.41. The van der Waals surface area contributed by atoms with E-state index in [1.54, 1.807) is 0 Å². The van der Waals surface area contributed by atoms with Gasteiger partial charge in [0.1, 0.15) is 5.54 Å². The second-order valence-corrected chi connectivity index (χ2v) is 6.28. The van der Waals surface area contributed by atoms with E-state index in [2.05, 4.69) is 28.2 Å². The average molecular weight is 325 g/mol. The van der Waals surface area contributed by atoms with Crippen molar-refractivity contribution in [2.45, 2.75) is 44.6 Å². The summed E-state index contributed by atoms with van der Waals surface area (Å²) in [5.41, 5.74) is 6.05. The minimum atomic E-state index is -0.594. The van der Waals surface area contributed by atoms with Crippen LogP contribution in [0.3, 0.4) is 0 Å². The van der Waals surface area contributed by atoms with Crippen LogP contribution in [0.2, 0.25) is 0 Å². The lowest BCUT2D eigenvalue weighted by Crippen LogP contribution is -2.53. The third-order valence-corrected chi connectivity index (χ3v) is 4.84. The maximum absolute atomic E-state index is 12.0. The molecule has 0 spiro atoms. The Morgan fingerprint density at radius 3 is 2.89 bits per heavy atom. The Hall–Kier alpha value is -1.03. The quantitative estimate of drug-likeness (QED) is 0.887. The first-order valence-corrected chi connectivity index (χ1v) is 7.69. The number of nitrogens with one attached hydrogen (secondary N) is 1. The first kappa shape index (κ1) is 14.4. The molecule has 1 amide bonds. The first-order chi connectivity index (χ1) is 9.07. The Balaban J connectivity index is 2.25. The molecule has 1 aromatic carbocycles. The van der Waals surface area contributed by atoms with Crippen molar-refractivity contribution in [2.75, 3.05) is 5.32 Å². The van der Waals surface area contributed by atoms with E-state index in [-0.39, 0.29) is 5.91 Å². The van der Waals surface area contributed by atoms with E-state index in [4.69, 9.17) is 5.73 Å². The van der Waals surface area contributed by atoms with E-state index < -0.39 is 5.54 Å². The molecule has 1 fully saturated rings. The van der Waals surface area contributed by atoms with E-state index in [1.165, 1.54) is 6.42 Å². The number of carbonyl (C=O) groups is 1. The highest BCUT2D eigenvalue weighted by molar-refractivity contribution is 9.10.